The van der Waals surface area contributed by atoms with Crippen molar-refractivity contribution < 1.29 is 0 Å². The smallest absolute Gasteiger partial charge is 0.0361 e. The molecule has 2 rings (SSSR count). The summed E-state index contributed by atoms with van der Waals surface area (Å²) >= 11 is 3.50. The highest BCUT2D eigenvalue weighted by Crippen LogP contribution is 2.24. The Hall–Kier alpha value is -1.36. The van der Waals surface area contributed by atoms with E-state index in [9.17, 15) is 0 Å². The molecule has 4 N–H and O–H groups in total. The SMILES string of the molecule is NCCCCCCCCCCC(=Cc1cccs1)C(N)=Cc1cccs1. The molecule has 0 aliphatic rings. The Kier molecular flexibility index (Phi) is 10.4. The van der Waals surface area contributed by atoms with Crippen molar-refractivity contribution in [1.82, 2.24) is 0 Å². The van der Waals surface area contributed by atoms with Gasteiger partial charge in [0.2, 0.25) is 0 Å². The lowest BCUT2D eigenvalue weighted by Crippen LogP contribution is -2.01. The molecule has 0 aliphatic heterocycles. The minimum Gasteiger partial charge on any atom is -0.398 e. The van der Waals surface area contributed by atoms with Crippen LogP contribution < -0.4 is 11.5 Å². The molecule has 0 saturated carbocycles. The van der Waals surface area contributed by atoms with Crippen molar-refractivity contribution in [2.45, 2.75) is 57.8 Å². The van der Waals surface area contributed by atoms with Gasteiger partial charge < -0.3 is 11.5 Å². The van der Waals surface area contributed by atoms with Gasteiger partial charge in [0.25, 0.3) is 0 Å². The van der Waals surface area contributed by atoms with Gasteiger partial charge >= 0.3 is 0 Å². The van der Waals surface area contributed by atoms with E-state index in [1.165, 1.54) is 66.7 Å². The van der Waals surface area contributed by atoms with Crippen molar-refractivity contribution >= 4 is 34.8 Å². The molecule has 0 spiro atoms. The summed E-state index contributed by atoms with van der Waals surface area (Å²) in [6.45, 7) is 0.833. The minimum absolute atomic E-state index is 0.833. The molecule has 4 heteroatoms. The van der Waals surface area contributed by atoms with E-state index in [0.717, 1.165) is 18.7 Å². The van der Waals surface area contributed by atoms with Crippen molar-refractivity contribution in [3.63, 3.8) is 0 Å². The van der Waals surface area contributed by atoms with Crippen LogP contribution in [-0.4, -0.2) is 6.54 Å². The van der Waals surface area contributed by atoms with Gasteiger partial charge in [-0.05, 0) is 66.4 Å². The fourth-order valence-corrected chi connectivity index (χ4v) is 4.33. The number of nitrogens with two attached hydrogens (primary N) is 2. The Morgan fingerprint density at radius 2 is 1.31 bits per heavy atom. The molecule has 0 saturated heterocycles. The molecule has 2 aromatic heterocycles. The second kappa shape index (κ2) is 12.9. The minimum atomic E-state index is 0.833. The lowest BCUT2D eigenvalue weighted by molar-refractivity contribution is 0.570. The first kappa shape index (κ1) is 20.9. The van der Waals surface area contributed by atoms with E-state index < -0.39 is 0 Å². The van der Waals surface area contributed by atoms with Crippen LogP contribution in [0.3, 0.4) is 0 Å². The molecule has 0 unspecified atom stereocenters. The van der Waals surface area contributed by atoms with Crippen LogP contribution in [-0.2, 0) is 0 Å². The van der Waals surface area contributed by atoms with Crippen molar-refractivity contribution in [1.29, 1.82) is 0 Å². The summed E-state index contributed by atoms with van der Waals surface area (Å²) in [5.74, 6) is 0. The zero-order valence-corrected chi connectivity index (χ0v) is 17.3. The van der Waals surface area contributed by atoms with Gasteiger partial charge in [-0.25, -0.2) is 0 Å². The van der Waals surface area contributed by atoms with Crippen LogP contribution in [0.5, 0.6) is 0 Å². The van der Waals surface area contributed by atoms with Crippen LogP contribution in [0, 0.1) is 0 Å². The Morgan fingerprint density at radius 1 is 0.769 bits per heavy atom. The maximum atomic E-state index is 6.43. The van der Waals surface area contributed by atoms with Crippen LogP contribution in [0.2, 0.25) is 0 Å². The topological polar surface area (TPSA) is 52.0 Å². The van der Waals surface area contributed by atoms with E-state index in [1.54, 1.807) is 22.7 Å². The van der Waals surface area contributed by atoms with Crippen LogP contribution in [0.4, 0.5) is 0 Å². The molecule has 26 heavy (non-hydrogen) atoms. The fourth-order valence-electron chi connectivity index (χ4n) is 2.98. The number of allylic oxidation sites excluding steroid dienone is 1. The van der Waals surface area contributed by atoms with Crippen molar-refractivity contribution in [2.75, 3.05) is 6.54 Å². The summed E-state index contributed by atoms with van der Waals surface area (Å²) in [5, 5.41) is 4.21. The van der Waals surface area contributed by atoms with Gasteiger partial charge in [0.05, 0.1) is 0 Å². The van der Waals surface area contributed by atoms with Gasteiger partial charge in [0.15, 0.2) is 0 Å². The fraction of sp³-hybridized carbons (Fsp3) is 0.455. The standard InChI is InChI=1S/C22H32N2S2/c23-14-8-6-4-2-1-3-5-7-11-19(17-20-12-9-15-25-20)22(24)18-21-13-10-16-26-21/h9-10,12-13,15-18H,1-8,11,14,23-24H2. The molecule has 0 aliphatic carbocycles. The first-order valence-electron chi connectivity index (χ1n) is 9.75. The summed E-state index contributed by atoms with van der Waals surface area (Å²) < 4.78 is 0. The largest absolute Gasteiger partial charge is 0.398 e. The third kappa shape index (κ3) is 8.35. The number of thiophene rings is 2. The Labute approximate surface area is 166 Å². The summed E-state index contributed by atoms with van der Waals surface area (Å²) in [4.78, 5) is 2.50. The van der Waals surface area contributed by atoms with Crippen molar-refractivity contribution in [3.05, 3.63) is 56.1 Å². The van der Waals surface area contributed by atoms with E-state index in [0.29, 0.717) is 0 Å². The Bertz CT molecular complexity index is 640. The predicted molar refractivity (Wildman–Crippen MR) is 119 cm³/mol. The first-order valence-corrected chi connectivity index (χ1v) is 11.5. The molecule has 2 nitrogen and oxygen atoms in total. The molecule has 0 amide bonds. The number of unbranched alkanes of at least 4 members (excludes halogenated alkanes) is 7. The highest BCUT2D eigenvalue weighted by molar-refractivity contribution is 7.11. The first-order chi connectivity index (χ1) is 12.8. The van der Waals surface area contributed by atoms with Gasteiger partial charge in [0.1, 0.15) is 0 Å². The van der Waals surface area contributed by atoms with Gasteiger partial charge in [-0.3, -0.25) is 0 Å². The summed E-state index contributed by atoms with van der Waals surface area (Å²) in [6, 6.07) is 8.44. The van der Waals surface area contributed by atoms with E-state index in [4.69, 9.17) is 11.5 Å². The zero-order chi connectivity index (χ0) is 18.5. The molecule has 2 heterocycles. The molecule has 0 radical (unpaired) electrons. The lowest BCUT2D eigenvalue weighted by Gasteiger charge is -2.08. The monoisotopic (exact) mass is 388 g/mol. The van der Waals surface area contributed by atoms with Crippen LogP contribution in [0.15, 0.2) is 46.3 Å². The van der Waals surface area contributed by atoms with Gasteiger partial charge in [-0.15, -0.1) is 22.7 Å². The molecule has 0 atom stereocenters. The van der Waals surface area contributed by atoms with Crippen LogP contribution >= 0.6 is 22.7 Å². The number of hydrogen-bond donors (Lipinski definition) is 2. The molecular formula is C22H32N2S2. The molecule has 2 aromatic rings. The molecule has 0 fully saturated rings. The van der Waals surface area contributed by atoms with E-state index >= 15 is 0 Å². The van der Waals surface area contributed by atoms with E-state index in [-0.39, 0.29) is 0 Å². The van der Waals surface area contributed by atoms with Crippen LogP contribution in [0.1, 0.15) is 67.5 Å². The Morgan fingerprint density at radius 3 is 1.85 bits per heavy atom. The predicted octanol–water partition coefficient (Wildman–Crippen LogP) is 6.66. The van der Waals surface area contributed by atoms with E-state index in [1.807, 2.05) is 0 Å². The average molecular weight is 389 g/mol. The normalized spacial score (nSPS) is 12.7. The number of hydrogen-bond acceptors (Lipinski definition) is 4. The second-order valence-electron chi connectivity index (χ2n) is 6.67. The molecule has 142 valence electrons. The third-order valence-electron chi connectivity index (χ3n) is 4.47. The quantitative estimate of drug-likeness (QED) is 0.298. The van der Waals surface area contributed by atoms with Crippen molar-refractivity contribution in [2.24, 2.45) is 11.5 Å². The zero-order valence-electron chi connectivity index (χ0n) is 15.7. The summed E-state index contributed by atoms with van der Waals surface area (Å²) in [6.07, 6.45) is 15.7. The lowest BCUT2D eigenvalue weighted by atomic mass is 10.0. The average Bonchev–Trinajstić information content (AvgIpc) is 3.33. The molecule has 0 aromatic carbocycles. The molecular weight excluding hydrogens is 356 g/mol. The summed E-state index contributed by atoms with van der Waals surface area (Å²) in [7, 11) is 0. The highest BCUT2D eigenvalue weighted by Gasteiger charge is 2.04. The Balaban J connectivity index is 1.80. The van der Waals surface area contributed by atoms with Gasteiger partial charge in [-0.1, -0.05) is 50.7 Å². The van der Waals surface area contributed by atoms with Gasteiger partial charge in [0, 0.05) is 15.5 Å². The van der Waals surface area contributed by atoms with E-state index in [2.05, 4.69) is 47.2 Å². The maximum Gasteiger partial charge on any atom is 0.0361 e. The van der Waals surface area contributed by atoms with Crippen LogP contribution in [0.25, 0.3) is 12.2 Å². The molecule has 0 bridgehead atoms. The number of rotatable bonds is 13. The van der Waals surface area contributed by atoms with Gasteiger partial charge in [-0.2, -0.15) is 0 Å². The maximum absolute atomic E-state index is 6.43. The summed E-state index contributed by atoms with van der Waals surface area (Å²) in [5.41, 5.74) is 14.1. The third-order valence-corrected chi connectivity index (χ3v) is 6.11. The van der Waals surface area contributed by atoms with Crippen molar-refractivity contribution in [3.8, 4) is 0 Å². The second-order valence-corrected chi connectivity index (χ2v) is 8.63. The highest BCUT2D eigenvalue weighted by atomic mass is 32.1.